The van der Waals surface area contributed by atoms with Gasteiger partial charge in [0.05, 0.1) is 5.69 Å². The van der Waals surface area contributed by atoms with Gasteiger partial charge in [0, 0.05) is 37.2 Å². The molecule has 142 valence electrons. The van der Waals surface area contributed by atoms with Crippen LogP contribution in [0.3, 0.4) is 0 Å². The molecule has 0 aliphatic heterocycles. The molecule has 7 nitrogen and oxygen atoms in total. The van der Waals surface area contributed by atoms with Gasteiger partial charge in [-0.2, -0.15) is 5.10 Å². The summed E-state index contributed by atoms with van der Waals surface area (Å²) < 4.78 is 7.61. The summed E-state index contributed by atoms with van der Waals surface area (Å²) in [5.74, 6) is 1.22. The SMILES string of the molecule is Cc1cc(C)n(CC(C)CNC(=O)CCc2nnc(-c3ccccc3)o2)n1. The van der Waals surface area contributed by atoms with E-state index in [0.29, 0.717) is 37.1 Å². The van der Waals surface area contributed by atoms with Gasteiger partial charge < -0.3 is 9.73 Å². The summed E-state index contributed by atoms with van der Waals surface area (Å²) in [6, 6.07) is 11.6. The average molecular weight is 367 g/mol. The fourth-order valence-corrected chi connectivity index (χ4v) is 2.87. The van der Waals surface area contributed by atoms with E-state index in [4.69, 9.17) is 4.42 Å². The van der Waals surface area contributed by atoms with Crippen LogP contribution in [-0.4, -0.2) is 32.4 Å². The number of aryl methyl sites for hydroxylation is 3. The number of benzene rings is 1. The third kappa shape index (κ3) is 5.26. The highest BCUT2D eigenvalue weighted by Gasteiger charge is 2.12. The van der Waals surface area contributed by atoms with Gasteiger partial charge in [-0.3, -0.25) is 9.48 Å². The van der Waals surface area contributed by atoms with E-state index in [-0.39, 0.29) is 5.91 Å². The molecule has 3 aromatic rings. The van der Waals surface area contributed by atoms with Gasteiger partial charge >= 0.3 is 0 Å². The second-order valence-electron chi connectivity index (χ2n) is 6.89. The van der Waals surface area contributed by atoms with E-state index >= 15 is 0 Å². The molecule has 1 unspecified atom stereocenters. The van der Waals surface area contributed by atoms with Crippen molar-refractivity contribution >= 4 is 5.91 Å². The summed E-state index contributed by atoms with van der Waals surface area (Å²) in [6.07, 6.45) is 0.751. The Morgan fingerprint density at radius 1 is 1.22 bits per heavy atom. The van der Waals surface area contributed by atoms with E-state index in [1.165, 1.54) is 0 Å². The lowest BCUT2D eigenvalue weighted by molar-refractivity contribution is -0.121. The highest BCUT2D eigenvalue weighted by molar-refractivity contribution is 5.76. The number of carbonyl (C=O) groups excluding carboxylic acids is 1. The second-order valence-corrected chi connectivity index (χ2v) is 6.89. The molecule has 0 saturated carbocycles. The van der Waals surface area contributed by atoms with E-state index in [2.05, 4.69) is 33.6 Å². The van der Waals surface area contributed by atoms with Crippen LogP contribution in [0.1, 0.15) is 30.6 Å². The van der Waals surface area contributed by atoms with Gasteiger partial charge in [0.1, 0.15) is 0 Å². The zero-order chi connectivity index (χ0) is 19.2. The first-order valence-corrected chi connectivity index (χ1v) is 9.17. The molecular weight excluding hydrogens is 342 g/mol. The molecule has 0 radical (unpaired) electrons. The van der Waals surface area contributed by atoms with Crippen LogP contribution in [0.15, 0.2) is 40.8 Å². The van der Waals surface area contributed by atoms with Gasteiger partial charge in [0.25, 0.3) is 0 Å². The number of nitrogens with one attached hydrogen (secondary N) is 1. The zero-order valence-corrected chi connectivity index (χ0v) is 16.0. The van der Waals surface area contributed by atoms with E-state index in [0.717, 1.165) is 23.5 Å². The number of nitrogens with zero attached hydrogens (tertiary/aromatic N) is 4. The van der Waals surface area contributed by atoms with Gasteiger partial charge in [-0.05, 0) is 38.0 Å². The number of carbonyl (C=O) groups is 1. The Labute approximate surface area is 158 Å². The van der Waals surface area contributed by atoms with E-state index < -0.39 is 0 Å². The van der Waals surface area contributed by atoms with E-state index in [1.54, 1.807) is 0 Å². The predicted molar refractivity (Wildman–Crippen MR) is 102 cm³/mol. The number of rotatable bonds is 8. The number of aromatic nitrogens is 4. The van der Waals surface area contributed by atoms with Gasteiger partial charge in [0.15, 0.2) is 0 Å². The maximum atomic E-state index is 12.1. The van der Waals surface area contributed by atoms with Gasteiger partial charge in [0.2, 0.25) is 17.7 Å². The van der Waals surface area contributed by atoms with Crippen LogP contribution < -0.4 is 5.32 Å². The highest BCUT2D eigenvalue weighted by atomic mass is 16.4. The van der Waals surface area contributed by atoms with Crippen molar-refractivity contribution in [2.24, 2.45) is 5.92 Å². The van der Waals surface area contributed by atoms with Crippen LogP contribution in [0.2, 0.25) is 0 Å². The molecule has 0 saturated heterocycles. The Morgan fingerprint density at radius 3 is 2.70 bits per heavy atom. The molecule has 1 amide bonds. The zero-order valence-electron chi connectivity index (χ0n) is 16.0. The maximum Gasteiger partial charge on any atom is 0.247 e. The standard InChI is InChI=1S/C20H25N5O2/c1-14(13-25-16(3)11-15(2)24-25)12-21-18(26)9-10-19-22-23-20(27-19)17-7-5-4-6-8-17/h4-8,11,14H,9-10,12-13H2,1-3H3,(H,21,26). The van der Waals surface area contributed by atoms with Crippen LogP contribution >= 0.6 is 0 Å². The first kappa shape index (κ1) is 18.8. The van der Waals surface area contributed by atoms with Crippen molar-refractivity contribution in [1.29, 1.82) is 0 Å². The molecular formula is C20H25N5O2. The molecule has 1 N–H and O–H groups in total. The molecule has 0 aliphatic carbocycles. The Kier molecular flexibility index (Phi) is 6.01. The number of hydrogen-bond acceptors (Lipinski definition) is 5. The predicted octanol–water partition coefficient (Wildman–Crippen LogP) is 2.94. The van der Waals surface area contributed by atoms with Crippen LogP contribution in [0.5, 0.6) is 0 Å². The smallest absolute Gasteiger partial charge is 0.247 e. The summed E-state index contributed by atoms with van der Waals surface area (Å²) in [5.41, 5.74) is 3.02. The molecule has 0 bridgehead atoms. The highest BCUT2D eigenvalue weighted by Crippen LogP contribution is 2.17. The van der Waals surface area contributed by atoms with Crippen LogP contribution in [-0.2, 0) is 17.8 Å². The van der Waals surface area contributed by atoms with Gasteiger partial charge in [-0.15, -0.1) is 10.2 Å². The Bertz CT molecular complexity index is 885. The molecule has 2 aromatic heterocycles. The molecule has 1 aromatic carbocycles. The lowest BCUT2D eigenvalue weighted by atomic mass is 10.1. The van der Waals surface area contributed by atoms with Crippen molar-refractivity contribution in [3.8, 4) is 11.5 Å². The van der Waals surface area contributed by atoms with Crippen LogP contribution in [0.25, 0.3) is 11.5 Å². The molecule has 0 aliphatic rings. The van der Waals surface area contributed by atoms with Crippen molar-refractivity contribution in [3.05, 3.63) is 53.7 Å². The number of amides is 1. The fourth-order valence-electron chi connectivity index (χ4n) is 2.87. The Hall–Kier alpha value is -2.96. The van der Waals surface area contributed by atoms with Crippen molar-refractivity contribution < 1.29 is 9.21 Å². The summed E-state index contributed by atoms with van der Waals surface area (Å²) in [6.45, 7) is 7.51. The quantitative estimate of drug-likeness (QED) is 0.661. The minimum atomic E-state index is -0.0188. The first-order valence-electron chi connectivity index (χ1n) is 9.17. The molecule has 27 heavy (non-hydrogen) atoms. The van der Waals surface area contributed by atoms with Gasteiger partial charge in [-0.25, -0.2) is 0 Å². The summed E-state index contributed by atoms with van der Waals surface area (Å²) in [7, 11) is 0. The molecule has 0 fully saturated rings. The average Bonchev–Trinajstić information content (AvgIpc) is 3.25. The minimum Gasteiger partial charge on any atom is -0.421 e. The van der Waals surface area contributed by atoms with Crippen molar-refractivity contribution in [3.63, 3.8) is 0 Å². The second kappa shape index (κ2) is 8.62. The summed E-state index contributed by atoms with van der Waals surface area (Å²) >= 11 is 0. The molecule has 1 atom stereocenters. The normalized spacial score (nSPS) is 12.1. The third-order valence-corrected chi connectivity index (χ3v) is 4.29. The largest absolute Gasteiger partial charge is 0.421 e. The number of hydrogen-bond donors (Lipinski definition) is 1. The van der Waals surface area contributed by atoms with Crippen molar-refractivity contribution in [1.82, 2.24) is 25.3 Å². The van der Waals surface area contributed by atoms with E-state index in [1.807, 2.05) is 48.9 Å². The summed E-state index contributed by atoms with van der Waals surface area (Å²) in [4.78, 5) is 12.1. The van der Waals surface area contributed by atoms with Crippen LogP contribution in [0.4, 0.5) is 0 Å². The lowest BCUT2D eigenvalue weighted by Gasteiger charge is -2.13. The Morgan fingerprint density at radius 2 is 2.00 bits per heavy atom. The molecule has 3 rings (SSSR count). The van der Waals surface area contributed by atoms with Crippen LogP contribution in [0, 0.1) is 19.8 Å². The Balaban J connectivity index is 1.42. The van der Waals surface area contributed by atoms with Crippen molar-refractivity contribution in [2.45, 2.75) is 40.2 Å². The molecule has 0 spiro atoms. The fraction of sp³-hybridized carbons (Fsp3) is 0.400. The van der Waals surface area contributed by atoms with Crippen molar-refractivity contribution in [2.75, 3.05) is 6.54 Å². The maximum absolute atomic E-state index is 12.1. The minimum absolute atomic E-state index is 0.0188. The van der Waals surface area contributed by atoms with E-state index in [9.17, 15) is 4.79 Å². The molecule has 2 heterocycles. The topological polar surface area (TPSA) is 85.8 Å². The molecule has 7 heteroatoms. The summed E-state index contributed by atoms with van der Waals surface area (Å²) in [5, 5.41) is 15.5. The third-order valence-electron chi connectivity index (χ3n) is 4.29. The monoisotopic (exact) mass is 367 g/mol. The first-order chi connectivity index (χ1) is 13.0. The van der Waals surface area contributed by atoms with Gasteiger partial charge in [-0.1, -0.05) is 25.1 Å². The lowest BCUT2D eigenvalue weighted by Crippen LogP contribution is -2.30.